The Morgan fingerprint density at radius 2 is 1.47 bits per heavy atom. The van der Waals surface area contributed by atoms with Crippen molar-refractivity contribution in [1.29, 1.82) is 0 Å². The predicted octanol–water partition coefficient (Wildman–Crippen LogP) is 2.38. The minimum absolute atomic E-state index is 0.138. The van der Waals surface area contributed by atoms with Crippen molar-refractivity contribution in [1.82, 2.24) is 0 Å². The zero-order chi connectivity index (χ0) is 14.9. The third-order valence-corrected chi connectivity index (χ3v) is 1.83. The molecular weight excluding hydrogens is 248 g/mol. The quantitative estimate of drug-likeness (QED) is 0.357. The van der Waals surface area contributed by atoms with Gasteiger partial charge in [-0.05, 0) is 12.8 Å². The van der Waals surface area contributed by atoms with Gasteiger partial charge in [-0.25, -0.2) is 9.59 Å². The fraction of sp³-hybridized carbons (Fsp3) is 0.429. The summed E-state index contributed by atoms with van der Waals surface area (Å²) in [5.41, 5.74) is 0. The van der Waals surface area contributed by atoms with Crippen LogP contribution in [0.2, 0.25) is 0 Å². The van der Waals surface area contributed by atoms with Crippen LogP contribution in [0.25, 0.3) is 0 Å². The highest BCUT2D eigenvalue weighted by molar-refractivity contribution is 5.89. The Hall–Kier alpha value is -1.88. The van der Waals surface area contributed by atoms with Gasteiger partial charge in [0.05, 0.1) is 6.61 Å². The summed E-state index contributed by atoms with van der Waals surface area (Å²) in [4.78, 5) is 19.1. The Morgan fingerprint density at radius 3 is 1.89 bits per heavy atom. The number of unbranched alkanes of at least 4 members (excludes halogenated alkanes) is 3. The van der Waals surface area contributed by atoms with Crippen molar-refractivity contribution >= 4 is 11.9 Å². The fourth-order valence-corrected chi connectivity index (χ4v) is 0.969. The molecule has 5 heteroatoms. The zero-order valence-corrected chi connectivity index (χ0v) is 11.2. The molecule has 0 atom stereocenters. The highest BCUT2D eigenvalue weighted by Crippen LogP contribution is 1.99. The third-order valence-electron chi connectivity index (χ3n) is 1.83. The Bertz CT molecular complexity index is 300. The van der Waals surface area contributed by atoms with Gasteiger partial charge in [0.2, 0.25) is 0 Å². The van der Waals surface area contributed by atoms with Gasteiger partial charge in [-0.2, -0.15) is 0 Å². The average molecular weight is 270 g/mol. The van der Waals surface area contributed by atoms with E-state index in [1.54, 1.807) is 6.08 Å². The van der Waals surface area contributed by atoms with Gasteiger partial charge in [0.15, 0.2) is 0 Å². The van der Waals surface area contributed by atoms with Crippen molar-refractivity contribution in [3.8, 4) is 0 Å². The van der Waals surface area contributed by atoms with Crippen LogP contribution >= 0.6 is 0 Å². The number of aliphatic hydroxyl groups excluding tert-OH is 1. The van der Waals surface area contributed by atoms with Crippen LogP contribution in [0, 0.1) is 0 Å². The van der Waals surface area contributed by atoms with Gasteiger partial charge >= 0.3 is 11.9 Å². The van der Waals surface area contributed by atoms with Gasteiger partial charge in [0.1, 0.15) is 0 Å². The maximum absolute atomic E-state index is 9.55. The van der Waals surface area contributed by atoms with Crippen molar-refractivity contribution in [2.24, 2.45) is 0 Å². The Morgan fingerprint density at radius 1 is 0.947 bits per heavy atom. The Kier molecular flexibility index (Phi) is 16.5. The summed E-state index contributed by atoms with van der Waals surface area (Å²) in [5, 5.41) is 24.0. The summed E-state index contributed by atoms with van der Waals surface area (Å²) in [6.45, 7) is 2.34. The molecule has 0 radical (unpaired) electrons. The average Bonchev–Trinajstić information content (AvgIpc) is 2.36. The first-order chi connectivity index (χ1) is 9.04. The van der Waals surface area contributed by atoms with Crippen LogP contribution in [0.15, 0.2) is 36.5 Å². The highest BCUT2D eigenvalue weighted by atomic mass is 16.4. The zero-order valence-electron chi connectivity index (χ0n) is 11.2. The number of carbonyl (C=O) groups is 2. The molecular formula is C14H22O5. The van der Waals surface area contributed by atoms with Crippen molar-refractivity contribution in [2.45, 2.75) is 32.6 Å². The number of hydrogen-bond donors (Lipinski definition) is 3. The van der Waals surface area contributed by atoms with E-state index < -0.39 is 11.9 Å². The molecule has 0 saturated carbocycles. The summed E-state index contributed by atoms with van der Waals surface area (Å²) >= 11 is 0. The number of carboxylic acid groups (broad SMARTS) is 2. The monoisotopic (exact) mass is 270 g/mol. The lowest BCUT2D eigenvalue weighted by Crippen LogP contribution is -1.91. The molecule has 0 aliphatic rings. The maximum atomic E-state index is 9.55. The van der Waals surface area contributed by atoms with Crippen molar-refractivity contribution in [3.63, 3.8) is 0 Å². The number of carboxylic acids is 2. The van der Waals surface area contributed by atoms with E-state index in [9.17, 15) is 9.59 Å². The normalized spacial score (nSPS) is 10.8. The van der Waals surface area contributed by atoms with Gasteiger partial charge in [-0.1, -0.05) is 44.1 Å². The van der Waals surface area contributed by atoms with E-state index in [4.69, 9.17) is 15.3 Å². The molecule has 19 heavy (non-hydrogen) atoms. The van der Waals surface area contributed by atoms with Gasteiger partial charge in [-0.3, -0.25) is 0 Å². The molecule has 0 rings (SSSR count). The molecule has 0 fully saturated rings. The van der Waals surface area contributed by atoms with E-state index in [0.29, 0.717) is 12.2 Å². The number of allylic oxidation sites excluding steroid dienone is 3. The Balaban J connectivity index is 0. The molecule has 0 heterocycles. The van der Waals surface area contributed by atoms with E-state index >= 15 is 0 Å². The fourth-order valence-electron chi connectivity index (χ4n) is 0.969. The van der Waals surface area contributed by atoms with E-state index in [0.717, 1.165) is 6.42 Å². The first-order valence-electron chi connectivity index (χ1n) is 6.11. The summed E-state index contributed by atoms with van der Waals surface area (Å²) in [6.07, 6.45) is 13.9. The molecule has 3 N–H and O–H groups in total. The molecule has 5 nitrogen and oxygen atoms in total. The molecule has 0 aromatic rings. The lowest BCUT2D eigenvalue weighted by atomic mass is 10.2. The molecule has 0 unspecified atom stereocenters. The van der Waals surface area contributed by atoms with Crippen molar-refractivity contribution in [2.75, 3.05) is 6.61 Å². The van der Waals surface area contributed by atoms with E-state index in [1.807, 2.05) is 12.2 Å². The van der Waals surface area contributed by atoms with Crippen LogP contribution in [0.5, 0.6) is 0 Å². The smallest absolute Gasteiger partial charge is 0.328 e. The molecule has 0 spiro atoms. The molecule has 0 bridgehead atoms. The third kappa shape index (κ3) is 26.0. The summed E-state index contributed by atoms with van der Waals surface area (Å²) < 4.78 is 0. The van der Waals surface area contributed by atoms with Crippen LogP contribution in [-0.2, 0) is 9.59 Å². The van der Waals surface area contributed by atoms with Gasteiger partial charge < -0.3 is 15.3 Å². The van der Waals surface area contributed by atoms with Crippen LogP contribution < -0.4 is 0 Å². The summed E-state index contributed by atoms with van der Waals surface area (Å²) in [7, 11) is 0. The van der Waals surface area contributed by atoms with Crippen LogP contribution in [-0.4, -0.2) is 33.9 Å². The van der Waals surface area contributed by atoms with Crippen LogP contribution in [0.1, 0.15) is 32.6 Å². The van der Waals surface area contributed by atoms with Crippen LogP contribution in [0.4, 0.5) is 0 Å². The topological polar surface area (TPSA) is 94.8 Å². The van der Waals surface area contributed by atoms with E-state index in [1.165, 1.54) is 19.3 Å². The summed E-state index contributed by atoms with van der Waals surface area (Å²) in [5.74, 6) is -2.51. The molecule has 0 aliphatic heterocycles. The molecule has 0 amide bonds. The second-order valence-corrected chi connectivity index (χ2v) is 3.54. The lowest BCUT2D eigenvalue weighted by molar-refractivity contribution is -0.134. The first-order valence-corrected chi connectivity index (χ1v) is 6.11. The molecule has 0 aromatic heterocycles. The van der Waals surface area contributed by atoms with Gasteiger partial charge in [-0.15, -0.1) is 0 Å². The highest BCUT2D eigenvalue weighted by Gasteiger charge is 1.88. The number of aliphatic carboxylic acids is 2. The summed E-state index contributed by atoms with van der Waals surface area (Å²) in [6, 6.07) is 0. The van der Waals surface area contributed by atoms with Gasteiger partial charge in [0.25, 0.3) is 0 Å². The molecule has 0 aromatic carbocycles. The number of aliphatic hydroxyl groups is 1. The molecule has 0 aliphatic carbocycles. The van der Waals surface area contributed by atoms with Crippen molar-refractivity contribution < 1.29 is 24.9 Å². The van der Waals surface area contributed by atoms with E-state index in [2.05, 4.69) is 13.0 Å². The van der Waals surface area contributed by atoms with E-state index in [-0.39, 0.29) is 6.61 Å². The van der Waals surface area contributed by atoms with Crippen molar-refractivity contribution in [3.05, 3.63) is 36.5 Å². The van der Waals surface area contributed by atoms with Crippen LogP contribution in [0.3, 0.4) is 0 Å². The SMILES string of the molecule is CCCCCC=CC=CCO.O=C(O)/C=C\C(=O)O. The standard InChI is InChI=1S/C10H18O.C4H4O4/c1-2-3-4-5-6-7-8-9-10-11;5-3(6)1-2-4(7)8/h6-9,11H,2-5,10H2,1H3;1-2H,(H,5,6)(H,7,8)/b;2-1-. The number of hydrogen-bond acceptors (Lipinski definition) is 3. The predicted molar refractivity (Wildman–Crippen MR) is 73.9 cm³/mol. The van der Waals surface area contributed by atoms with Gasteiger partial charge in [0, 0.05) is 12.2 Å². The molecule has 108 valence electrons. The molecule has 0 saturated heterocycles. The second-order valence-electron chi connectivity index (χ2n) is 3.54. The largest absolute Gasteiger partial charge is 0.478 e. The maximum Gasteiger partial charge on any atom is 0.328 e. The Labute approximate surface area is 113 Å². The minimum Gasteiger partial charge on any atom is -0.478 e. The first kappa shape index (κ1) is 19.5. The lowest BCUT2D eigenvalue weighted by Gasteiger charge is -1.89. The minimum atomic E-state index is -1.26. The second kappa shape index (κ2) is 16.1. The number of rotatable bonds is 8.